The lowest BCUT2D eigenvalue weighted by molar-refractivity contribution is -0.117. The van der Waals surface area contributed by atoms with Crippen LogP contribution in [0.1, 0.15) is 24.8 Å². The van der Waals surface area contributed by atoms with E-state index in [2.05, 4.69) is 10.6 Å². The Balaban J connectivity index is 1.64. The molecular formula is C18H17ClN2O2. The third-order valence-corrected chi connectivity index (χ3v) is 4.21. The molecule has 0 saturated heterocycles. The van der Waals surface area contributed by atoms with Crippen molar-refractivity contribution in [1.82, 2.24) is 0 Å². The van der Waals surface area contributed by atoms with Crippen molar-refractivity contribution >= 4 is 34.8 Å². The molecule has 0 spiro atoms. The molecule has 0 radical (unpaired) electrons. The van der Waals surface area contributed by atoms with E-state index in [0.717, 1.165) is 6.42 Å². The lowest BCUT2D eigenvalue weighted by Gasteiger charge is -2.09. The molecule has 0 heterocycles. The summed E-state index contributed by atoms with van der Waals surface area (Å²) in [6, 6.07) is 15.1. The smallest absolute Gasteiger partial charge is 0.228 e. The SMILES string of the molecule is CC(=O)Nc1ccc(NC(=O)[C@H]2C[C@H]2c2ccccc2)c(Cl)c1. The van der Waals surface area contributed by atoms with E-state index in [4.69, 9.17) is 11.6 Å². The molecule has 4 nitrogen and oxygen atoms in total. The second kappa shape index (κ2) is 6.42. The highest BCUT2D eigenvalue weighted by Crippen LogP contribution is 2.48. The van der Waals surface area contributed by atoms with Crippen LogP contribution in [0, 0.1) is 5.92 Å². The molecule has 0 bridgehead atoms. The van der Waals surface area contributed by atoms with Gasteiger partial charge in [-0.15, -0.1) is 0 Å². The molecule has 2 aromatic rings. The van der Waals surface area contributed by atoms with Crippen molar-refractivity contribution in [1.29, 1.82) is 0 Å². The Morgan fingerprint density at radius 3 is 2.48 bits per heavy atom. The zero-order valence-corrected chi connectivity index (χ0v) is 13.4. The minimum atomic E-state index is -0.165. The van der Waals surface area contributed by atoms with Gasteiger partial charge < -0.3 is 10.6 Å². The van der Waals surface area contributed by atoms with E-state index in [1.807, 2.05) is 30.3 Å². The Morgan fingerprint density at radius 2 is 1.83 bits per heavy atom. The van der Waals surface area contributed by atoms with Crippen LogP contribution in [0.2, 0.25) is 5.02 Å². The second-order valence-corrected chi connectivity index (χ2v) is 6.13. The van der Waals surface area contributed by atoms with Crippen molar-refractivity contribution in [3.8, 4) is 0 Å². The predicted octanol–water partition coefficient (Wildman–Crippen LogP) is 4.04. The van der Waals surface area contributed by atoms with Gasteiger partial charge in [-0.1, -0.05) is 41.9 Å². The zero-order chi connectivity index (χ0) is 16.4. The lowest BCUT2D eigenvalue weighted by Crippen LogP contribution is -2.15. The van der Waals surface area contributed by atoms with Gasteiger partial charge in [-0.05, 0) is 36.1 Å². The highest BCUT2D eigenvalue weighted by Gasteiger charge is 2.43. The third kappa shape index (κ3) is 3.71. The van der Waals surface area contributed by atoms with Crippen LogP contribution in [0.5, 0.6) is 0 Å². The highest BCUT2D eigenvalue weighted by molar-refractivity contribution is 6.34. The maximum atomic E-state index is 12.3. The van der Waals surface area contributed by atoms with Crippen LogP contribution in [0.4, 0.5) is 11.4 Å². The van der Waals surface area contributed by atoms with Crippen molar-refractivity contribution in [2.24, 2.45) is 5.92 Å². The first-order chi connectivity index (χ1) is 11.0. The average molecular weight is 329 g/mol. The summed E-state index contributed by atoms with van der Waals surface area (Å²) in [5.74, 6) is 0.0895. The Morgan fingerprint density at radius 1 is 1.09 bits per heavy atom. The van der Waals surface area contributed by atoms with E-state index >= 15 is 0 Å². The van der Waals surface area contributed by atoms with Gasteiger partial charge in [-0.3, -0.25) is 9.59 Å². The number of amides is 2. The standard InChI is InChI=1S/C18H17ClN2O2/c1-11(22)20-13-7-8-17(16(19)9-13)21-18(23)15-10-14(15)12-5-3-2-4-6-12/h2-9,14-15H,10H2,1H3,(H,20,22)(H,21,23)/t14-,15-/m0/s1. The summed E-state index contributed by atoms with van der Waals surface area (Å²) >= 11 is 6.17. The fourth-order valence-electron chi connectivity index (χ4n) is 2.68. The quantitative estimate of drug-likeness (QED) is 0.889. The summed E-state index contributed by atoms with van der Waals surface area (Å²) in [7, 11) is 0. The van der Waals surface area contributed by atoms with Crippen LogP contribution in [0.3, 0.4) is 0 Å². The number of nitrogens with one attached hydrogen (secondary N) is 2. The van der Waals surface area contributed by atoms with Crippen molar-refractivity contribution in [2.45, 2.75) is 19.3 Å². The number of carbonyl (C=O) groups is 2. The first-order valence-electron chi connectivity index (χ1n) is 7.47. The molecule has 0 aliphatic heterocycles. The molecule has 5 heteroatoms. The third-order valence-electron chi connectivity index (χ3n) is 3.90. The van der Waals surface area contributed by atoms with Gasteiger partial charge in [-0.2, -0.15) is 0 Å². The fraction of sp³-hybridized carbons (Fsp3) is 0.222. The Labute approximate surface area is 139 Å². The molecule has 2 amide bonds. The maximum absolute atomic E-state index is 12.3. The molecule has 2 N–H and O–H groups in total. The molecule has 0 aromatic heterocycles. The monoisotopic (exact) mass is 328 g/mol. The first kappa shape index (κ1) is 15.6. The Hall–Kier alpha value is -2.33. The minimum Gasteiger partial charge on any atom is -0.326 e. The van der Waals surface area contributed by atoms with Gasteiger partial charge >= 0.3 is 0 Å². The van der Waals surface area contributed by atoms with Gasteiger partial charge in [0.1, 0.15) is 0 Å². The largest absolute Gasteiger partial charge is 0.326 e. The molecule has 0 unspecified atom stereocenters. The minimum absolute atomic E-state index is 0.0107. The first-order valence-corrected chi connectivity index (χ1v) is 7.85. The second-order valence-electron chi connectivity index (χ2n) is 5.72. The van der Waals surface area contributed by atoms with E-state index in [-0.39, 0.29) is 23.7 Å². The van der Waals surface area contributed by atoms with Crippen LogP contribution >= 0.6 is 11.6 Å². The highest BCUT2D eigenvalue weighted by atomic mass is 35.5. The lowest BCUT2D eigenvalue weighted by atomic mass is 10.1. The van der Waals surface area contributed by atoms with E-state index in [1.54, 1.807) is 18.2 Å². The van der Waals surface area contributed by atoms with Gasteiger partial charge in [0.15, 0.2) is 0 Å². The summed E-state index contributed by atoms with van der Waals surface area (Å²) in [4.78, 5) is 23.4. The summed E-state index contributed by atoms with van der Waals surface area (Å²) in [5.41, 5.74) is 2.36. The fourth-order valence-corrected chi connectivity index (χ4v) is 2.90. The number of halogens is 1. The number of hydrogen-bond donors (Lipinski definition) is 2. The number of carbonyl (C=O) groups excluding carboxylic acids is 2. The van der Waals surface area contributed by atoms with Crippen molar-refractivity contribution < 1.29 is 9.59 Å². The summed E-state index contributed by atoms with van der Waals surface area (Å²) in [6.07, 6.45) is 0.859. The molecule has 1 saturated carbocycles. The predicted molar refractivity (Wildman–Crippen MR) is 91.7 cm³/mol. The molecule has 2 atom stereocenters. The van der Waals surface area contributed by atoms with Crippen LogP contribution in [0.15, 0.2) is 48.5 Å². The number of benzene rings is 2. The Kier molecular flexibility index (Phi) is 4.35. The average Bonchev–Trinajstić information content (AvgIpc) is 3.31. The van der Waals surface area contributed by atoms with Crippen LogP contribution in [-0.2, 0) is 9.59 Å². The molecular weight excluding hydrogens is 312 g/mol. The molecule has 1 aliphatic rings. The molecule has 118 valence electrons. The van der Waals surface area contributed by atoms with Crippen molar-refractivity contribution in [3.05, 3.63) is 59.1 Å². The van der Waals surface area contributed by atoms with Gasteiger partial charge in [0.05, 0.1) is 10.7 Å². The van der Waals surface area contributed by atoms with Gasteiger partial charge in [0.2, 0.25) is 11.8 Å². The van der Waals surface area contributed by atoms with Crippen LogP contribution in [-0.4, -0.2) is 11.8 Å². The summed E-state index contributed by atoms with van der Waals surface area (Å²) < 4.78 is 0. The number of rotatable bonds is 4. The van der Waals surface area contributed by atoms with Crippen molar-refractivity contribution in [2.75, 3.05) is 10.6 Å². The van der Waals surface area contributed by atoms with E-state index in [9.17, 15) is 9.59 Å². The molecule has 2 aromatic carbocycles. The molecule has 23 heavy (non-hydrogen) atoms. The Bertz CT molecular complexity index is 746. The van der Waals surface area contributed by atoms with Gasteiger partial charge in [0, 0.05) is 18.5 Å². The van der Waals surface area contributed by atoms with E-state index < -0.39 is 0 Å². The number of hydrogen-bond acceptors (Lipinski definition) is 2. The maximum Gasteiger partial charge on any atom is 0.228 e. The molecule has 3 rings (SSSR count). The molecule has 1 aliphatic carbocycles. The normalized spacial score (nSPS) is 19.0. The molecule has 1 fully saturated rings. The van der Waals surface area contributed by atoms with Crippen molar-refractivity contribution in [3.63, 3.8) is 0 Å². The van der Waals surface area contributed by atoms with Crippen LogP contribution < -0.4 is 10.6 Å². The topological polar surface area (TPSA) is 58.2 Å². The summed E-state index contributed by atoms with van der Waals surface area (Å²) in [6.45, 7) is 1.43. The number of anilines is 2. The van der Waals surface area contributed by atoms with Crippen LogP contribution in [0.25, 0.3) is 0 Å². The summed E-state index contributed by atoms with van der Waals surface area (Å²) in [5, 5.41) is 5.93. The van der Waals surface area contributed by atoms with Gasteiger partial charge in [0.25, 0.3) is 0 Å². The van der Waals surface area contributed by atoms with E-state index in [1.165, 1.54) is 12.5 Å². The van der Waals surface area contributed by atoms with E-state index in [0.29, 0.717) is 16.4 Å². The zero-order valence-electron chi connectivity index (χ0n) is 12.7. The van der Waals surface area contributed by atoms with Gasteiger partial charge in [-0.25, -0.2) is 0 Å².